The predicted molar refractivity (Wildman–Crippen MR) is 71.0 cm³/mol. The first-order valence-electron chi connectivity index (χ1n) is 5.07. The Balaban J connectivity index is 2.39. The second kappa shape index (κ2) is 4.54. The minimum absolute atomic E-state index is 0.148. The van der Waals surface area contributed by atoms with Crippen LogP contribution in [-0.2, 0) is 10.0 Å². The van der Waals surface area contributed by atoms with E-state index in [1.54, 1.807) is 26.0 Å². The lowest BCUT2D eigenvalue weighted by atomic mass is 10.2. The zero-order chi connectivity index (χ0) is 13.3. The van der Waals surface area contributed by atoms with Gasteiger partial charge in [0.15, 0.2) is 0 Å². The van der Waals surface area contributed by atoms with Gasteiger partial charge < -0.3 is 5.73 Å². The summed E-state index contributed by atoms with van der Waals surface area (Å²) < 4.78 is 26.7. The first-order chi connectivity index (χ1) is 8.38. The molecule has 96 valence electrons. The number of benzene rings is 1. The number of rotatable bonds is 3. The number of anilines is 2. The minimum atomic E-state index is -3.68. The summed E-state index contributed by atoms with van der Waals surface area (Å²) in [4.78, 5) is 0.148. The third-order valence-corrected chi connectivity index (χ3v) is 4.61. The molecule has 0 saturated carbocycles. The highest BCUT2D eigenvalue weighted by atomic mass is 32.2. The van der Waals surface area contributed by atoms with Gasteiger partial charge in [-0.2, -0.15) is 0 Å². The van der Waals surface area contributed by atoms with Gasteiger partial charge in [0.25, 0.3) is 10.0 Å². The Morgan fingerprint density at radius 1 is 1.28 bits per heavy atom. The number of aryl methyl sites for hydroxylation is 2. The summed E-state index contributed by atoms with van der Waals surface area (Å²) in [5.74, 6) is 0. The van der Waals surface area contributed by atoms with E-state index in [-0.39, 0.29) is 10.0 Å². The van der Waals surface area contributed by atoms with Gasteiger partial charge in [-0.3, -0.25) is 4.72 Å². The van der Waals surface area contributed by atoms with Gasteiger partial charge in [0.05, 0.1) is 4.90 Å². The summed E-state index contributed by atoms with van der Waals surface area (Å²) in [5.41, 5.74) is 6.62. The molecule has 0 bridgehead atoms. The Kier molecular flexibility index (Phi) is 3.22. The summed E-state index contributed by atoms with van der Waals surface area (Å²) >= 11 is 1.18. The Hall–Kier alpha value is -1.67. The number of sulfonamides is 1. The van der Waals surface area contributed by atoms with E-state index < -0.39 is 10.0 Å². The van der Waals surface area contributed by atoms with Crippen LogP contribution in [0.3, 0.4) is 0 Å². The lowest BCUT2D eigenvalue weighted by Gasteiger charge is -2.08. The van der Waals surface area contributed by atoms with E-state index in [1.165, 1.54) is 17.4 Å². The topological polar surface area (TPSA) is 98.0 Å². The highest BCUT2D eigenvalue weighted by molar-refractivity contribution is 7.93. The van der Waals surface area contributed by atoms with Crippen molar-refractivity contribution < 1.29 is 8.42 Å². The molecular formula is C10H12N4O2S2. The normalized spacial score (nSPS) is 11.4. The van der Waals surface area contributed by atoms with Crippen molar-refractivity contribution in [3.8, 4) is 0 Å². The van der Waals surface area contributed by atoms with Crippen LogP contribution in [0.2, 0.25) is 0 Å². The van der Waals surface area contributed by atoms with Gasteiger partial charge in [0.2, 0.25) is 5.13 Å². The molecule has 8 heteroatoms. The number of nitrogens with zero attached hydrogens (tertiary/aromatic N) is 2. The van der Waals surface area contributed by atoms with E-state index in [9.17, 15) is 8.42 Å². The van der Waals surface area contributed by atoms with E-state index >= 15 is 0 Å². The third-order valence-electron chi connectivity index (χ3n) is 2.25. The molecule has 0 radical (unpaired) electrons. The summed E-state index contributed by atoms with van der Waals surface area (Å²) in [6, 6.07) is 4.74. The Bertz CT molecular complexity index is 679. The van der Waals surface area contributed by atoms with Crippen molar-refractivity contribution in [3.05, 3.63) is 28.8 Å². The summed E-state index contributed by atoms with van der Waals surface area (Å²) in [6.45, 7) is 3.46. The van der Waals surface area contributed by atoms with Crippen molar-refractivity contribution in [3.63, 3.8) is 0 Å². The molecule has 2 rings (SSSR count). The Labute approximate surface area is 109 Å². The van der Waals surface area contributed by atoms with Crippen molar-refractivity contribution in [1.82, 2.24) is 10.2 Å². The summed E-state index contributed by atoms with van der Waals surface area (Å²) in [7, 11) is -3.68. The highest BCUT2D eigenvalue weighted by Crippen LogP contribution is 2.23. The zero-order valence-corrected chi connectivity index (χ0v) is 11.5. The van der Waals surface area contributed by atoms with Crippen LogP contribution in [-0.4, -0.2) is 18.6 Å². The van der Waals surface area contributed by atoms with Crippen LogP contribution in [0.15, 0.2) is 23.1 Å². The Morgan fingerprint density at radius 3 is 2.61 bits per heavy atom. The molecule has 0 aliphatic carbocycles. The van der Waals surface area contributed by atoms with Crippen molar-refractivity contribution in [2.75, 3.05) is 10.5 Å². The zero-order valence-electron chi connectivity index (χ0n) is 9.84. The van der Waals surface area contributed by atoms with Crippen molar-refractivity contribution in [2.45, 2.75) is 18.7 Å². The second-order valence-corrected chi connectivity index (χ2v) is 6.59. The first kappa shape index (κ1) is 12.8. The van der Waals surface area contributed by atoms with Gasteiger partial charge in [-0.25, -0.2) is 8.42 Å². The van der Waals surface area contributed by atoms with Crippen LogP contribution < -0.4 is 10.5 Å². The van der Waals surface area contributed by atoms with Crippen LogP contribution in [0.1, 0.15) is 10.6 Å². The fourth-order valence-electron chi connectivity index (χ4n) is 1.41. The van der Waals surface area contributed by atoms with Gasteiger partial charge in [0, 0.05) is 5.69 Å². The van der Waals surface area contributed by atoms with Crippen LogP contribution in [0.4, 0.5) is 10.8 Å². The lowest BCUT2D eigenvalue weighted by molar-refractivity contribution is 0.600. The molecule has 3 N–H and O–H groups in total. The highest BCUT2D eigenvalue weighted by Gasteiger charge is 2.18. The van der Waals surface area contributed by atoms with Crippen molar-refractivity contribution in [1.29, 1.82) is 0 Å². The van der Waals surface area contributed by atoms with E-state index in [2.05, 4.69) is 14.9 Å². The number of nitrogens with one attached hydrogen (secondary N) is 1. The maximum atomic E-state index is 12.2. The molecule has 0 unspecified atom stereocenters. The maximum Gasteiger partial charge on any atom is 0.264 e. The molecular weight excluding hydrogens is 272 g/mol. The van der Waals surface area contributed by atoms with Gasteiger partial charge in [0.1, 0.15) is 5.01 Å². The molecule has 0 saturated heterocycles. The fraction of sp³-hybridized carbons (Fsp3) is 0.200. The van der Waals surface area contributed by atoms with Gasteiger partial charge in [-0.15, -0.1) is 10.2 Å². The number of nitrogens with two attached hydrogens (primary N) is 1. The number of hydrogen-bond acceptors (Lipinski definition) is 6. The van der Waals surface area contributed by atoms with E-state index in [4.69, 9.17) is 5.73 Å². The van der Waals surface area contributed by atoms with Crippen LogP contribution in [0, 0.1) is 13.8 Å². The molecule has 0 fully saturated rings. The average molecular weight is 284 g/mol. The molecule has 0 amide bonds. The van der Waals surface area contributed by atoms with Gasteiger partial charge >= 0.3 is 0 Å². The molecule has 1 heterocycles. The average Bonchev–Trinajstić information content (AvgIpc) is 2.66. The molecule has 0 aliphatic heterocycles. The maximum absolute atomic E-state index is 12.2. The molecule has 18 heavy (non-hydrogen) atoms. The van der Waals surface area contributed by atoms with Crippen molar-refractivity contribution >= 4 is 32.2 Å². The third kappa shape index (κ3) is 2.59. The molecule has 0 spiro atoms. The van der Waals surface area contributed by atoms with E-state index in [0.717, 1.165) is 0 Å². The largest absolute Gasteiger partial charge is 0.399 e. The monoisotopic (exact) mass is 284 g/mol. The first-order valence-corrected chi connectivity index (χ1v) is 7.37. The van der Waals surface area contributed by atoms with E-state index in [1.807, 2.05) is 0 Å². The van der Waals surface area contributed by atoms with Gasteiger partial charge in [-0.05, 0) is 31.5 Å². The molecule has 0 atom stereocenters. The lowest BCUT2D eigenvalue weighted by Crippen LogP contribution is -2.14. The van der Waals surface area contributed by atoms with Crippen molar-refractivity contribution in [2.24, 2.45) is 0 Å². The number of nitrogen functional groups attached to an aromatic ring is 1. The minimum Gasteiger partial charge on any atom is -0.399 e. The summed E-state index contributed by atoms with van der Waals surface area (Å²) in [6.07, 6.45) is 0. The molecule has 1 aromatic heterocycles. The molecule has 1 aromatic carbocycles. The SMILES string of the molecule is Cc1nnc(NS(=O)(=O)c2cc(N)ccc2C)s1. The quantitative estimate of drug-likeness (QED) is 0.833. The molecule has 6 nitrogen and oxygen atoms in total. The fourth-order valence-corrected chi connectivity index (χ4v) is 3.52. The second-order valence-electron chi connectivity index (χ2n) is 3.76. The standard InChI is InChI=1S/C10H12N4O2S2/c1-6-3-4-8(11)5-9(6)18(15,16)14-10-13-12-7(2)17-10/h3-5H,11H2,1-2H3,(H,13,14). The predicted octanol–water partition coefficient (Wildman–Crippen LogP) is 1.54. The number of hydrogen-bond donors (Lipinski definition) is 2. The number of aromatic nitrogens is 2. The molecule has 2 aromatic rings. The van der Waals surface area contributed by atoms with Crippen LogP contribution in [0.25, 0.3) is 0 Å². The van der Waals surface area contributed by atoms with E-state index in [0.29, 0.717) is 16.3 Å². The molecule has 0 aliphatic rings. The van der Waals surface area contributed by atoms with Crippen LogP contribution in [0.5, 0.6) is 0 Å². The summed E-state index contributed by atoms with van der Waals surface area (Å²) in [5, 5.41) is 8.41. The smallest absolute Gasteiger partial charge is 0.264 e. The Morgan fingerprint density at radius 2 is 2.00 bits per heavy atom. The van der Waals surface area contributed by atoms with Gasteiger partial charge in [-0.1, -0.05) is 17.4 Å². The van der Waals surface area contributed by atoms with Crippen LogP contribution >= 0.6 is 11.3 Å².